The molecule has 40 heavy (non-hydrogen) atoms. The summed E-state index contributed by atoms with van der Waals surface area (Å²) in [6, 6.07) is 11.4. The van der Waals surface area contributed by atoms with Gasteiger partial charge in [0.15, 0.2) is 12.0 Å². The molecule has 0 spiro atoms. The Kier molecular flexibility index (Phi) is 7.75. The molecule has 4 N–H and O–H groups in total. The number of carboxylic acid groups (broad SMARTS) is 1. The van der Waals surface area contributed by atoms with E-state index in [-0.39, 0.29) is 12.4 Å². The van der Waals surface area contributed by atoms with Crippen LogP contribution in [-0.4, -0.2) is 71.4 Å². The maximum absolute atomic E-state index is 14.0. The van der Waals surface area contributed by atoms with Gasteiger partial charge in [-0.15, -0.1) is 0 Å². The molecule has 2 unspecified atom stereocenters. The van der Waals surface area contributed by atoms with Gasteiger partial charge < -0.3 is 34.5 Å². The van der Waals surface area contributed by atoms with Crippen molar-refractivity contribution in [2.45, 2.75) is 57.1 Å². The molecule has 3 aliphatic heterocycles. The van der Waals surface area contributed by atoms with Gasteiger partial charge >= 0.3 is 13.7 Å². The van der Waals surface area contributed by atoms with Crippen LogP contribution in [0.25, 0.3) is 10.8 Å². The molecule has 12 nitrogen and oxygen atoms in total. The Morgan fingerprint density at radius 1 is 1.20 bits per heavy atom. The van der Waals surface area contributed by atoms with Gasteiger partial charge in [-0.1, -0.05) is 48.6 Å². The first-order valence-corrected chi connectivity index (χ1v) is 14.4. The Balaban J connectivity index is 1.39. The maximum atomic E-state index is 14.0. The number of nitrogens with zero attached hydrogens (tertiary/aromatic N) is 1. The Morgan fingerprint density at radius 2 is 1.93 bits per heavy atom. The number of carbonyl (C=O) groups excluding carboxylic acids is 1. The summed E-state index contributed by atoms with van der Waals surface area (Å²) in [5, 5.41) is 13.5. The lowest BCUT2D eigenvalue weighted by molar-refractivity contribution is -0.203. The van der Waals surface area contributed by atoms with Crippen molar-refractivity contribution in [3.8, 4) is 5.75 Å². The maximum Gasteiger partial charge on any atom is 0.459 e. The lowest BCUT2D eigenvalue weighted by atomic mass is 10.1. The first-order valence-electron chi connectivity index (χ1n) is 12.8. The summed E-state index contributed by atoms with van der Waals surface area (Å²) in [6.45, 7) is 5.04. The van der Waals surface area contributed by atoms with Crippen LogP contribution in [0, 0.1) is 0 Å². The Bertz CT molecular complexity index is 1410. The van der Waals surface area contributed by atoms with Gasteiger partial charge in [0.2, 0.25) is 5.91 Å². The van der Waals surface area contributed by atoms with Gasteiger partial charge in [-0.3, -0.25) is 14.1 Å². The van der Waals surface area contributed by atoms with Crippen LogP contribution < -0.4 is 15.3 Å². The summed E-state index contributed by atoms with van der Waals surface area (Å²) >= 11 is 0. The summed E-state index contributed by atoms with van der Waals surface area (Å²) < 4.78 is 44.2. The summed E-state index contributed by atoms with van der Waals surface area (Å²) in [5.74, 6) is -2.48. The molecular weight excluding hydrogens is 541 g/mol. The van der Waals surface area contributed by atoms with Crippen LogP contribution in [0.3, 0.4) is 0 Å². The van der Waals surface area contributed by atoms with Crippen LogP contribution in [0.5, 0.6) is 5.75 Å². The van der Waals surface area contributed by atoms with Crippen molar-refractivity contribution < 1.29 is 42.5 Å². The van der Waals surface area contributed by atoms with E-state index in [1.165, 1.54) is 6.92 Å². The largest absolute Gasteiger partial charge is 0.480 e. The van der Waals surface area contributed by atoms with E-state index in [0.717, 1.165) is 5.39 Å². The van der Waals surface area contributed by atoms with E-state index in [4.69, 9.17) is 29.0 Å². The summed E-state index contributed by atoms with van der Waals surface area (Å²) in [6.07, 6.45) is 2.42. The first-order chi connectivity index (χ1) is 18.9. The van der Waals surface area contributed by atoms with Crippen molar-refractivity contribution in [1.29, 1.82) is 0 Å². The van der Waals surface area contributed by atoms with Gasteiger partial charge in [0.05, 0.1) is 12.2 Å². The van der Waals surface area contributed by atoms with Crippen molar-refractivity contribution in [3.63, 3.8) is 0 Å². The third kappa shape index (κ3) is 5.92. The van der Waals surface area contributed by atoms with Crippen LogP contribution in [-0.2, 0) is 32.9 Å². The quantitative estimate of drug-likeness (QED) is 0.359. The molecule has 2 aromatic rings. The average Bonchev–Trinajstić information content (AvgIpc) is 3.40. The molecule has 5 rings (SSSR count). The van der Waals surface area contributed by atoms with E-state index in [0.29, 0.717) is 17.5 Å². The minimum absolute atomic E-state index is 0.264. The number of ether oxygens (including phenoxy) is 3. The second kappa shape index (κ2) is 11.0. The molecule has 13 heteroatoms. The molecule has 0 saturated carbocycles. The highest BCUT2D eigenvalue weighted by molar-refractivity contribution is 7.52. The summed E-state index contributed by atoms with van der Waals surface area (Å²) in [4.78, 5) is 25.1. The minimum Gasteiger partial charge on any atom is -0.480 e. The molecule has 2 saturated heterocycles. The topological polar surface area (TPSA) is 159 Å². The lowest BCUT2D eigenvalue weighted by Crippen LogP contribution is -2.42. The van der Waals surface area contributed by atoms with Crippen LogP contribution in [0.15, 0.2) is 66.4 Å². The Hall–Kier alpha value is -3.25. The van der Waals surface area contributed by atoms with E-state index in [1.54, 1.807) is 55.3 Å². The average molecular weight is 574 g/mol. The van der Waals surface area contributed by atoms with Crippen LogP contribution in [0.1, 0.15) is 20.8 Å². The van der Waals surface area contributed by atoms with Crippen LogP contribution in [0.2, 0.25) is 0 Å². The standard InChI is InChI=1S/C27H32N3O9P/c1-16(26(32)33)29-40(34,39-20-12-6-9-17-8-4-5-11-19(17)20)35-15-21-22-23(38-27(2,3)37-22)25(36-21)30-13-7-10-18(14-30)24(28)31/h4-12,14,16,21-23,25H,13,15H2,1-3H3,(H2,28,31)(H,29,34)(H,32,33)/t16-,21?,22+,23+,25+,40?/m0/s1. The second-order valence-corrected chi connectivity index (χ2v) is 11.9. The number of carboxylic acids is 1. The van der Waals surface area contributed by atoms with Gasteiger partial charge in [0.25, 0.3) is 0 Å². The zero-order valence-corrected chi connectivity index (χ0v) is 23.2. The van der Waals surface area contributed by atoms with E-state index in [9.17, 15) is 19.3 Å². The smallest absolute Gasteiger partial charge is 0.459 e. The molecule has 0 radical (unpaired) electrons. The number of carbonyl (C=O) groups is 2. The number of hydrogen-bond acceptors (Lipinski definition) is 9. The molecule has 3 heterocycles. The molecule has 0 aromatic heterocycles. The van der Waals surface area contributed by atoms with Crippen LogP contribution >= 0.6 is 7.75 Å². The SMILES string of the molecule is C[C@H](NP(=O)(OCC1O[C@@H](N2C=C(C(N)=O)C=CC2)[C@@H]2OC(C)(C)O[C@H]12)Oc1cccc2ccccc12)C(=O)O. The minimum atomic E-state index is -4.26. The van der Waals surface area contributed by atoms with Crippen molar-refractivity contribution in [2.75, 3.05) is 13.2 Å². The van der Waals surface area contributed by atoms with Crippen molar-refractivity contribution >= 4 is 30.4 Å². The van der Waals surface area contributed by atoms with Gasteiger partial charge in [0.1, 0.15) is 30.1 Å². The number of nitrogens with one attached hydrogen (secondary N) is 1. The Morgan fingerprint density at radius 3 is 2.67 bits per heavy atom. The second-order valence-electron chi connectivity index (χ2n) is 10.2. The monoisotopic (exact) mass is 573 g/mol. The molecular formula is C27H32N3O9P. The number of fused-ring (bicyclic) bond motifs is 2. The Labute approximate surface area is 231 Å². The number of primary amides is 1. The highest BCUT2D eigenvalue weighted by Crippen LogP contribution is 2.48. The third-order valence-corrected chi connectivity index (χ3v) is 8.38. The fourth-order valence-corrected chi connectivity index (χ4v) is 6.44. The normalized spacial score (nSPS) is 27.6. The number of hydrogen-bond donors (Lipinski definition) is 3. The summed E-state index contributed by atoms with van der Waals surface area (Å²) in [7, 11) is -4.26. The molecule has 3 aliphatic rings. The van der Waals surface area contributed by atoms with Gasteiger partial charge in [-0.05, 0) is 32.2 Å². The number of aliphatic carboxylic acids is 1. The molecule has 6 atom stereocenters. The highest BCUT2D eigenvalue weighted by atomic mass is 31.2. The fraction of sp³-hybridized carbons (Fsp3) is 0.407. The zero-order valence-electron chi connectivity index (χ0n) is 22.3. The van der Waals surface area contributed by atoms with Crippen molar-refractivity contribution in [1.82, 2.24) is 9.99 Å². The summed E-state index contributed by atoms with van der Waals surface area (Å²) in [5.41, 5.74) is 5.77. The van der Waals surface area contributed by atoms with Gasteiger partial charge in [0, 0.05) is 18.1 Å². The predicted molar refractivity (Wildman–Crippen MR) is 144 cm³/mol. The molecule has 214 valence electrons. The fourth-order valence-electron chi connectivity index (χ4n) is 4.92. The lowest BCUT2D eigenvalue weighted by Gasteiger charge is -2.32. The molecule has 2 fully saturated rings. The number of rotatable bonds is 10. The van der Waals surface area contributed by atoms with Crippen molar-refractivity contribution in [2.24, 2.45) is 5.73 Å². The molecule has 2 aromatic carbocycles. The van der Waals surface area contributed by atoms with E-state index in [1.807, 2.05) is 24.3 Å². The van der Waals surface area contributed by atoms with Gasteiger partial charge in [-0.25, -0.2) is 4.57 Å². The zero-order chi connectivity index (χ0) is 28.7. The van der Waals surface area contributed by atoms with E-state index in [2.05, 4.69) is 5.09 Å². The number of nitrogens with two attached hydrogens (primary N) is 1. The molecule has 0 aliphatic carbocycles. The predicted octanol–water partition coefficient (Wildman–Crippen LogP) is 2.89. The molecule has 0 bridgehead atoms. The number of amides is 1. The highest BCUT2D eigenvalue weighted by Gasteiger charge is 2.57. The van der Waals surface area contributed by atoms with Crippen molar-refractivity contribution in [3.05, 3.63) is 66.4 Å². The van der Waals surface area contributed by atoms with Crippen LogP contribution in [0.4, 0.5) is 0 Å². The molecule has 1 amide bonds. The van der Waals surface area contributed by atoms with E-state index >= 15 is 0 Å². The van der Waals surface area contributed by atoms with Gasteiger partial charge in [-0.2, -0.15) is 5.09 Å². The number of benzene rings is 2. The third-order valence-electron chi connectivity index (χ3n) is 6.75. The first kappa shape index (κ1) is 28.3. The van der Waals surface area contributed by atoms with E-state index < -0.39 is 56.0 Å².